The van der Waals surface area contributed by atoms with E-state index in [1.165, 1.54) is 5.56 Å². The molecule has 0 heterocycles. The summed E-state index contributed by atoms with van der Waals surface area (Å²) in [6.45, 7) is 2.24. The molecule has 0 spiro atoms. The van der Waals surface area contributed by atoms with Crippen LogP contribution in [-0.4, -0.2) is 11.2 Å². The minimum absolute atomic E-state index is 0.204. The molecule has 6 rings (SSSR count). The van der Waals surface area contributed by atoms with E-state index in [2.05, 4.69) is 88.5 Å². The van der Waals surface area contributed by atoms with Gasteiger partial charge in [0.05, 0.1) is 5.69 Å². The number of carbonyl (C=O) groups excluding carboxylic acids is 1. The van der Waals surface area contributed by atoms with Gasteiger partial charge in [-0.25, -0.2) is 4.79 Å². The average Bonchev–Trinajstić information content (AvgIpc) is 3.03. The Morgan fingerprint density at radius 3 is 1.86 bits per heavy atom. The molecule has 210 valence electrons. The fraction of sp³-hybridized carbons (Fsp3) is 0.0789. The van der Waals surface area contributed by atoms with Crippen LogP contribution in [0.25, 0.3) is 0 Å². The summed E-state index contributed by atoms with van der Waals surface area (Å²) in [5.74, 6) is 0.671. The van der Waals surface area contributed by atoms with E-state index in [4.69, 9.17) is 0 Å². The number of nitrogens with zero attached hydrogens (tertiary/aromatic N) is 3. The third-order valence-electron chi connectivity index (χ3n) is 7.65. The first-order valence-electron chi connectivity index (χ1n) is 14.3. The third kappa shape index (κ3) is 6.03. The molecule has 1 aliphatic carbocycles. The lowest BCUT2D eigenvalue weighted by Crippen LogP contribution is -2.20. The largest absolute Gasteiger partial charge is 0.508 e. The zero-order valence-electron chi connectivity index (χ0n) is 23.8. The van der Waals surface area contributed by atoms with Gasteiger partial charge in [0, 0.05) is 46.1 Å². The zero-order valence-corrected chi connectivity index (χ0v) is 23.8. The Morgan fingerprint density at radius 2 is 1.23 bits per heavy atom. The molecule has 0 bridgehead atoms. The SMILES string of the molecule is CC1C=C(N(c2ccccc2)c2cccc(O)c2)C=CC1c1ccc(N(c2ccccc2)c2cccc(N=C=O)c2)cc1. The Morgan fingerprint density at radius 1 is 0.651 bits per heavy atom. The molecule has 0 amide bonds. The van der Waals surface area contributed by atoms with Crippen LogP contribution in [0.1, 0.15) is 18.4 Å². The van der Waals surface area contributed by atoms with Gasteiger partial charge in [0.1, 0.15) is 5.75 Å². The summed E-state index contributed by atoms with van der Waals surface area (Å²) in [4.78, 5) is 19.0. The number of benzene rings is 5. The van der Waals surface area contributed by atoms with Crippen LogP contribution in [0, 0.1) is 5.92 Å². The van der Waals surface area contributed by atoms with E-state index in [9.17, 15) is 9.90 Å². The summed E-state index contributed by atoms with van der Waals surface area (Å²) in [6.07, 6.45) is 8.38. The molecule has 5 aromatic carbocycles. The highest BCUT2D eigenvalue weighted by Crippen LogP contribution is 2.40. The van der Waals surface area contributed by atoms with Gasteiger partial charge in [-0.1, -0.05) is 79.7 Å². The Labute approximate surface area is 252 Å². The standard InChI is InChI=1S/C38H31N3O2/c1-28-24-36(41(32-13-6-3-7-14-32)35-16-9-17-37(43)26-35)22-23-38(28)29-18-20-33(21-19-29)40(31-11-4-2-5-12-31)34-15-8-10-30(25-34)39-27-42/h2-26,28,38,43H,1H3. The second-order valence-electron chi connectivity index (χ2n) is 10.5. The fourth-order valence-electron chi connectivity index (χ4n) is 5.65. The van der Waals surface area contributed by atoms with E-state index < -0.39 is 0 Å². The molecule has 0 saturated heterocycles. The molecule has 0 fully saturated rings. The first kappa shape index (κ1) is 27.5. The summed E-state index contributed by atoms with van der Waals surface area (Å²) < 4.78 is 0. The lowest BCUT2D eigenvalue weighted by molar-refractivity contribution is 0.475. The van der Waals surface area contributed by atoms with Crippen LogP contribution in [0.3, 0.4) is 0 Å². The molecule has 2 unspecified atom stereocenters. The molecule has 5 heteroatoms. The number of anilines is 5. The van der Waals surface area contributed by atoms with Gasteiger partial charge in [-0.15, -0.1) is 0 Å². The Bertz CT molecular complexity index is 1810. The minimum atomic E-state index is 0.204. The lowest BCUT2D eigenvalue weighted by Gasteiger charge is -2.31. The molecule has 2 atom stereocenters. The summed E-state index contributed by atoms with van der Waals surface area (Å²) in [5, 5.41) is 10.2. The van der Waals surface area contributed by atoms with Crippen molar-refractivity contribution in [3.05, 3.63) is 163 Å². The van der Waals surface area contributed by atoms with E-state index in [1.807, 2.05) is 66.7 Å². The van der Waals surface area contributed by atoms with E-state index in [-0.39, 0.29) is 17.6 Å². The van der Waals surface area contributed by atoms with Gasteiger partial charge in [0.15, 0.2) is 0 Å². The minimum Gasteiger partial charge on any atom is -0.508 e. The van der Waals surface area contributed by atoms with Gasteiger partial charge in [0.2, 0.25) is 6.08 Å². The molecule has 5 aromatic rings. The van der Waals surface area contributed by atoms with Crippen LogP contribution in [0.4, 0.5) is 34.1 Å². The number of rotatable bonds is 8. The number of phenols is 1. The number of phenolic OH excluding ortho intramolecular Hbond substituents is 1. The van der Waals surface area contributed by atoms with Crippen molar-refractivity contribution >= 4 is 40.2 Å². The summed E-state index contributed by atoms with van der Waals surface area (Å²) in [5.41, 5.74) is 7.69. The maximum Gasteiger partial charge on any atom is 0.240 e. The van der Waals surface area contributed by atoms with E-state index in [0.717, 1.165) is 34.1 Å². The topological polar surface area (TPSA) is 56.1 Å². The number of isocyanates is 1. The smallest absolute Gasteiger partial charge is 0.240 e. The van der Waals surface area contributed by atoms with Crippen LogP contribution in [0.5, 0.6) is 5.75 Å². The molecule has 1 N–H and O–H groups in total. The Balaban J connectivity index is 1.30. The first-order valence-corrected chi connectivity index (χ1v) is 14.3. The van der Waals surface area contributed by atoms with Gasteiger partial charge in [-0.2, -0.15) is 4.99 Å². The van der Waals surface area contributed by atoms with E-state index in [1.54, 1.807) is 24.3 Å². The third-order valence-corrected chi connectivity index (χ3v) is 7.65. The molecule has 5 nitrogen and oxygen atoms in total. The first-order chi connectivity index (χ1) is 21.1. The number of para-hydroxylation sites is 2. The lowest BCUT2D eigenvalue weighted by atomic mass is 9.83. The van der Waals surface area contributed by atoms with Crippen molar-refractivity contribution in [3.63, 3.8) is 0 Å². The van der Waals surface area contributed by atoms with Gasteiger partial charge in [0.25, 0.3) is 0 Å². The van der Waals surface area contributed by atoms with Crippen molar-refractivity contribution in [1.29, 1.82) is 0 Å². The number of aliphatic imine (C=N–C) groups is 1. The second-order valence-corrected chi connectivity index (χ2v) is 10.5. The van der Waals surface area contributed by atoms with Crippen molar-refractivity contribution in [2.45, 2.75) is 12.8 Å². The summed E-state index contributed by atoms with van der Waals surface area (Å²) >= 11 is 0. The fourth-order valence-corrected chi connectivity index (χ4v) is 5.65. The highest BCUT2D eigenvalue weighted by molar-refractivity contribution is 5.78. The average molecular weight is 562 g/mol. The van der Waals surface area contributed by atoms with Crippen LogP contribution in [-0.2, 0) is 4.79 Å². The molecule has 0 radical (unpaired) electrons. The number of aromatic hydroxyl groups is 1. The van der Waals surface area contributed by atoms with Gasteiger partial charge in [-0.3, -0.25) is 0 Å². The molecule has 0 saturated carbocycles. The second kappa shape index (κ2) is 12.5. The maximum atomic E-state index is 10.9. The molecule has 0 aromatic heterocycles. The summed E-state index contributed by atoms with van der Waals surface area (Å²) in [6, 6.07) is 43.9. The zero-order chi connectivity index (χ0) is 29.6. The maximum absolute atomic E-state index is 10.9. The van der Waals surface area contributed by atoms with E-state index in [0.29, 0.717) is 5.69 Å². The number of allylic oxidation sites excluding steroid dienone is 3. The molecule has 1 aliphatic rings. The van der Waals surface area contributed by atoms with E-state index >= 15 is 0 Å². The van der Waals surface area contributed by atoms with Crippen molar-refractivity contribution in [1.82, 2.24) is 0 Å². The molecule has 43 heavy (non-hydrogen) atoms. The van der Waals surface area contributed by atoms with Gasteiger partial charge >= 0.3 is 0 Å². The number of hydrogen-bond donors (Lipinski definition) is 1. The molecule has 0 aliphatic heterocycles. The van der Waals surface area contributed by atoms with Gasteiger partial charge < -0.3 is 14.9 Å². The van der Waals surface area contributed by atoms with Crippen molar-refractivity contribution in [2.75, 3.05) is 9.80 Å². The van der Waals surface area contributed by atoms with Crippen LogP contribution in [0.15, 0.2) is 162 Å². The van der Waals surface area contributed by atoms with Gasteiger partial charge in [-0.05, 0) is 84.3 Å². The van der Waals surface area contributed by atoms with Crippen molar-refractivity contribution < 1.29 is 9.90 Å². The van der Waals surface area contributed by atoms with Crippen molar-refractivity contribution in [3.8, 4) is 5.75 Å². The van der Waals surface area contributed by atoms with Crippen LogP contribution < -0.4 is 9.80 Å². The Hall–Kier alpha value is -5.64. The highest BCUT2D eigenvalue weighted by Gasteiger charge is 2.23. The quantitative estimate of drug-likeness (QED) is 0.151. The molecular formula is C38H31N3O2. The normalized spacial score (nSPS) is 15.7. The number of hydrogen-bond acceptors (Lipinski definition) is 5. The predicted molar refractivity (Wildman–Crippen MR) is 175 cm³/mol. The van der Waals surface area contributed by atoms with Crippen molar-refractivity contribution in [2.24, 2.45) is 10.9 Å². The van der Waals surface area contributed by atoms with Crippen LogP contribution >= 0.6 is 0 Å². The Kier molecular flexibility index (Phi) is 7.99. The van der Waals surface area contributed by atoms with Crippen LogP contribution in [0.2, 0.25) is 0 Å². The highest BCUT2D eigenvalue weighted by atomic mass is 16.3. The molecular weight excluding hydrogens is 530 g/mol. The predicted octanol–water partition coefficient (Wildman–Crippen LogP) is 9.84. The monoisotopic (exact) mass is 561 g/mol. The summed E-state index contributed by atoms with van der Waals surface area (Å²) in [7, 11) is 0.